The Bertz CT molecular complexity index is 651. The van der Waals surface area contributed by atoms with Crippen LogP contribution in [0.3, 0.4) is 0 Å². The minimum absolute atomic E-state index is 0.241. The van der Waals surface area contributed by atoms with E-state index in [1.54, 1.807) is 48.5 Å². The molecule has 0 amide bonds. The standard InChI is InChI=1S/C16H12Br2O4/c17-12-3-1-11(2-4-12)15(19)9-22-16(20)10-21-14-7-5-13(18)6-8-14/h1-8H,9-10H2. The highest BCUT2D eigenvalue weighted by molar-refractivity contribution is 9.10. The van der Waals surface area contributed by atoms with Crippen molar-refractivity contribution in [2.24, 2.45) is 0 Å². The summed E-state index contributed by atoms with van der Waals surface area (Å²) in [5, 5.41) is 0. The molecule has 0 N–H and O–H groups in total. The fourth-order valence-electron chi connectivity index (χ4n) is 1.58. The van der Waals surface area contributed by atoms with Crippen LogP contribution in [0.25, 0.3) is 0 Å². The van der Waals surface area contributed by atoms with Gasteiger partial charge in [-0.3, -0.25) is 4.79 Å². The third-order valence-electron chi connectivity index (χ3n) is 2.70. The van der Waals surface area contributed by atoms with Gasteiger partial charge < -0.3 is 9.47 Å². The lowest BCUT2D eigenvalue weighted by atomic mass is 10.1. The molecule has 0 atom stereocenters. The highest BCUT2D eigenvalue weighted by Crippen LogP contribution is 2.16. The number of ketones is 1. The van der Waals surface area contributed by atoms with E-state index in [9.17, 15) is 9.59 Å². The fraction of sp³-hybridized carbons (Fsp3) is 0.125. The van der Waals surface area contributed by atoms with Crippen molar-refractivity contribution in [2.45, 2.75) is 0 Å². The molecule has 0 fully saturated rings. The van der Waals surface area contributed by atoms with Gasteiger partial charge in [-0.05, 0) is 36.4 Å². The average molecular weight is 428 g/mol. The zero-order valence-corrected chi connectivity index (χ0v) is 14.6. The number of hydrogen-bond acceptors (Lipinski definition) is 4. The Morgan fingerprint density at radius 3 is 1.95 bits per heavy atom. The van der Waals surface area contributed by atoms with Crippen molar-refractivity contribution in [3.63, 3.8) is 0 Å². The third-order valence-corrected chi connectivity index (χ3v) is 3.76. The Kier molecular flexibility index (Phi) is 6.15. The van der Waals surface area contributed by atoms with Gasteiger partial charge in [0, 0.05) is 14.5 Å². The molecule has 114 valence electrons. The quantitative estimate of drug-likeness (QED) is 0.516. The molecular formula is C16H12Br2O4. The molecular weight excluding hydrogens is 416 g/mol. The predicted molar refractivity (Wildman–Crippen MR) is 89.1 cm³/mol. The van der Waals surface area contributed by atoms with Crippen molar-refractivity contribution in [1.29, 1.82) is 0 Å². The summed E-state index contributed by atoms with van der Waals surface area (Å²) in [6, 6.07) is 13.9. The van der Waals surface area contributed by atoms with E-state index in [4.69, 9.17) is 9.47 Å². The van der Waals surface area contributed by atoms with Gasteiger partial charge >= 0.3 is 5.97 Å². The Labute approximate surface area is 144 Å². The highest BCUT2D eigenvalue weighted by Gasteiger charge is 2.10. The van der Waals surface area contributed by atoms with Crippen LogP contribution in [0.1, 0.15) is 10.4 Å². The summed E-state index contributed by atoms with van der Waals surface area (Å²) in [5.41, 5.74) is 0.491. The second-order valence-corrected chi connectivity index (χ2v) is 6.16. The number of benzene rings is 2. The van der Waals surface area contributed by atoms with Gasteiger partial charge in [-0.2, -0.15) is 0 Å². The number of esters is 1. The molecule has 2 rings (SSSR count). The van der Waals surface area contributed by atoms with Gasteiger partial charge in [-0.25, -0.2) is 4.79 Å². The van der Waals surface area contributed by atoms with E-state index < -0.39 is 5.97 Å². The van der Waals surface area contributed by atoms with Crippen molar-refractivity contribution >= 4 is 43.6 Å². The Balaban J connectivity index is 1.76. The van der Waals surface area contributed by atoms with Crippen LogP contribution in [-0.4, -0.2) is 25.0 Å². The number of ether oxygens (including phenoxy) is 2. The number of carbonyl (C=O) groups excluding carboxylic acids is 2. The molecule has 0 unspecified atom stereocenters. The number of halogens is 2. The van der Waals surface area contributed by atoms with E-state index >= 15 is 0 Å². The van der Waals surface area contributed by atoms with E-state index in [1.807, 2.05) is 0 Å². The van der Waals surface area contributed by atoms with Crippen LogP contribution in [0, 0.1) is 0 Å². The SMILES string of the molecule is O=C(COc1ccc(Br)cc1)OCC(=O)c1ccc(Br)cc1. The van der Waals surface area contributed by atoms with Crippen LogP contribution < -0.4 is 4.74 Å². The Hall–Kier alpha value is -1.66. The minimum Gasteiger partial charge on any atom is -0.482 e. The van der Waals surface area contributed by atoms with Crippen molar-refractivity contribution < 1.29 is 19.1 Å². The summed E-state index contributed by atoms with van der Waals surface area (Å²) < 4.78 is 12.0. The molecule has 22 heavy (non-hydrogen) atoms. The molecule has 0 aliphatic heterocycles. The van der Waals surface area contributed by atoms with Crippen molar-refractivity contribution in [2.75, 3.05) is 13.2 Å². The summed E-state index contributed by atoms with van der Waals surface area (Å²) in [4.78, 5) is 23.4. The summed E-state index contributed by atoms with van der Waals surface area (Å²) in [6.07, 6.45) is 0. The molecule has 0 aliphatic carbocycles. The molecule has 0 spiro atoms. The van der Waals surface area contributed by atoms with E-state index in [2.05, 4.69) is 31.9 Å². The van der Waals surface area contributed by atoms with E-state index in [0.717, 1.165) is 8.95 Å². The molecule has 4 nitrogen and oxygen atoms in total. The number of rotatable bonds is 6. The summed E-state index contributed by atoms with van der Waals surface area (Å²) in [6.45, 7) is -0.542. The Morgan fingerprint density at radius 2 is 1.36 bits per heavy atom. The van der Waals surface area contributed by atoms with Crippen LogP contribution in [0.2, 0.25) is 0 Å². The molecule has 2 aromatic rings. The Morgan fingerprint density at radius 1 is 0.818 bits per heavy atom. The van der Waals surface area contributed by atoms with Gasteiger partial charge in [-0.1, -0.05) is 44.0 Å². The molecule has 0 saturated carbocycles. The fourth-order valence-corrected chi connectivity index (χ4v) is 2.11. The zero-order valence-electron chi connectivity index (χ0n) is 11.4. The topological polar surface area (TPSA) is 52.6 Å². The largest absolute Gasteiger partial charge is 0.482 e. The lowest BCUT2D eigenvalue weighted by Crippen LogP contribution is -2.19. The van der Waals surface area contributed by atoms with Gasteiger partial charge in [0.2, 0.25) is 0 Å². The summed E-state index contributed by atoms with van der Waals surface area (Å²) >= 11 is 6.59. The minimum atomic E-state index is -0.589. The molecule has 0 bridgehead atoms. The van der Waals surface area contributed by atoms with Gasteiger partial charge in [-0.15, -0.1) is 0 Å². The predicted octanol–water partition coefficient (Wildman–Crippen LogP) is 4.02. The summed E-state index contributed by atoms with van der Waals surface area (Å²) in [5.74, 6) is -0.294. The maximum absolute atomic E-state index is 11.8. The van der Waals surface area contributed by atoms with Crippen molar-refractivity contribution in [3.05, 3.63) is 63.0 Å². The molecule has 0 heterocycles. The number of Topliss-reactive ketones (excluding diaryl/α,β-unsaturated/α-hetero) is 1. The number of hydrogen-bond donors (Lipinski definition) is 0. The maximum Gasteiger partial charge on any atom is 0.344 e. The van der Waals surface area contributed by atoms with Crippen molar-refractivity contribution in [3.8, 4) is 5.75 Å². The van der Waals surface area contributed by atoms with E-state index in [1.165, 1.54) is 0 Å². The monoisotopic (exact) mass is 426 g/mol. The third kappa shape index (κ3) is 5.27. The van der Waals surface area contributed by atoms with Gasteiger partial charge in [0.25, 0.3) is 0 Å². The maximum atomic E-state index is 11.8. The second kappa shape index (κ2) is 8.10. The molecule has 6 heteroatoms. The lowest BCUT2D eigenvalue weighted by molar-refractivity contribution is -0.144. The van der Waals surface area contributed by atoms with Gasteiger partial charge in [0.1, 0.15) is 5.75 Å². The smallest absolute Gasteiger partial charge is 0.344 e. The second-order valence-electron chi connectivity index (χ2n) is 4.33. The van der Waals surface area contributed by atoms with Gasteiger partial charge in [0.15, 0.2) is 19.0 Å². The van der Waals surface area contributed by atoms with Crippen LogP contribution in [0.4, 0.5) is 0 Å². The van der Waals surface area contributed by atoms with Crippen LogP contribution in [-0.2, 0) is 9.53 Å². The number of carbonyl (C=O) groups is 2. The van der Waals surface area contributed by atoms with E-state index in [0.29, 0.717) is 11.3 Å². The molecule has 0 saturated heterocycles. The molecule has 0 aliphatic rings. The highest BCUT2D eigenvalue weighted by atomic mass is 79.9. The molecule has 0 radical (unpaired) electrons. The zero-order chi connectivity index (χ0) is 15.9. The first kappa shape index (κ1) is 16.7. The van der Waals surface area contributed by atoms with Crippen LogP contribution in [0.5, 0.6) is 5.75 Å². The van der Waals surface area contributed by atoms with E-state index in [-0.39, 0.29) is 19.0 Å². The summed E-state index contributed by atoms with van der Waals surface area (Å²) in [7, 11) is 0. The first-order valence-electron chi connectivity index (χ1n) is 6.37. The first-order valence-corrected chi connectivity index (χ1v) is 7.96. The lowest BCUT2D eigenvalue weighted by Gasteiger charge is -2.07. The average Bonchev–Trinajstić information content (AvgIpc) is 2.52. The van der Waals surface area contributed by atoms with Crippen LogP contribution in [0.15, 0.2) is 57.5 Å². The molecule has 2 aromatic carbocycles. The van der Waals surface area contributed by atoms with Crippen LogP contribution >= 0.6 is 31.9 Å². The normalized spacial score (nSPS) is 10.1. The first-order chi connectivity index (χ1) is 10.5. The van der Waals surface area contributed by atoms with Crippen molar-refractivity contribution in [1.82, 2.24) is 0 Å². The van der Waals surface area contributed by atoms with Gasteiger partial charge in [0.05, 0.1) is 0 Å². The molecule has 0 aromatic heterocycles.